The number of phenolic OH excluding ortho intramolecular Hbond substituents is 1. The number of nitrogens with zero attached hydrogens (tertiary/aromatic N) is 1. The Kier molecular flexibility index (Phi) is 3.82. The van der Waals surface area contributed by atoms with Crippen LogP contribution in [-0.4, -0.2) is 16.0 Å². The van der Waals surface area contributed by atoms with E-state index in [2.05, 4.69) is 10.3 Å². The van der Waals surface area contributed by atoms with Gasteiger partial charge in [-0.05, 0) is 23.6 Å². The molecule has 0 fully saturated rings. The van der Waals surface area contributed by atoms with Crippen LogP contribution in [0.3, 0.4) is 0 Å². The van der Waals surface area contributed by atoms with Gasteiger partial charge in [-0.25, -0.2) is 0 Å². The number of phenols is 1. The second-order valence-electron chi connectivity index (χ2n) is 5.06. The number of rotatable bonds is 3. The fourth-order valence-electron chi connectivity index (χ4n) is 2.44. The summed E-state index contributed by atoms with van der Waals surface area (Å²) in [5.41, 5.74) is 12.9. The van der Waals surface area contributed by atoms with Crippen molar-refractivity contribution in [3.05, 3.63) is 59.9 Å². The Balaban J connectivity index is 2.03. The molecule has 0 saturated heterocycles. The topological polar surface area (TPSA) is 114 Å². The lowest BCUT2D eigenvalue weighted by molar-refractivity contribution is 0.102. The van der Waals surface area contributed by atoms with Crippen molar-refractivity contribution >= 4 is 28.1 Å². The van der Waals surface area contributed by atoms with Crippen molar-refractivity contribution in [2.45, 2.75) is 6.54 Å². The highest BCUT2D eigenvalue weighted by Gasteiger charge is 2.17. The maximum absolute atomic E-state index is 12.5. The number of fused-ring (bicyclic) bond motifs is 1. The van der Waals surface area contributed by atoms with Gasteiger partial charge in [0.1, 0.15) is 0 Å². The van der Waals surface area contributed by atoms with Crippen LogP contribution >= 0.6 is 0 Å². The van der Waals surface area contributed by atoms with Crippen molar-refractivity contribution in [2.24, 2.45) is 5.73 Å². The number of aromatic nitrogens is 1. The van der Waals surface area contributed by atoms with Crippen LogP contribution in [0, 0.1) is 0 Å². The zero-order valence-corrected chi connectivity index (χ0v) is 12.3. The first-order valence-corrected chi connectivity index (χ1v) is 7.07. The van der Waals surface area contributed by atoms with Gasteiger partial charge in [0.15, 0.2) is 5.75 Å². The highest BCUT2D eigenvalue weighted by molar-refractivity contribution is 6.12. The molecule has 0 aliphatic rings. The lowest BCUT2D eigenvalue weighted by Crippen LogP contribution is -2.15. The Hall–Kier alpha value is -3.12. The summed E-state index contributed by atoms with van der Waals surface area (Å²) < 4.78 is 0. The molecule has 0 aliphatic carbocycles. The zero-order valence-electron chi connectivity index (χ0n) is 12.3. The van der Waals surface area contributed by atoms with E-state index in [-0.39, 0.29) is 23.5 Å². The molecule has 1 heterocycles. The molecule has 6 N–H and O–H groups in total. The van der Waals surface area contributed by atoms with Crippen LogP contribution < -0.4 is 16.8 Å². The van der Waals surface area contributed by atoms with Gasteiger partial charge in [-0.3, -0.25) is 9.78 Å². The summed E-state index contributed by atoms with van der Waals surface area (Å²) in [6.45, 7) is 0.197. The highest BCUT2D eigenvalue weighted by atomic mass is 16.3. The smallest absolute Gasteiger partial charge is 0.259 e. The van der Waals surface area contributed by atoms with E-state index < -0.39 is 5.91 Å². The fraction of sp³-hybridized carbons (Fsp3) is 0.0588. The molecule has 6 heteroatoms. The number of pyridine rings is 1. The molecule has 2 aromatic carbocycles. The lowest BCUT2D eigenvalue weighted by atomic mass is 10.0. The molecule has 23 heavy (non-hydrogen) atoms. The van der Waals surface area contributed by atoms with Gasteiger partial charge in [-0.2, -0.15) is 0 Å². The van der Waals surface area contributed by atoms with Crippen LogP contribution in [0.4, 0.5) is 11.4 Å². The fourth-order valence-corrected chi connectivity index (χ4v) is 2.44. The molecular formula is C17H16N4O2. The Bertz CT molecular complexity index is 893. The number of hydrogen-bond acceptors (Lipinski definition) is 5. The molecule has 1 amide bonds. The minimum Gasteiger partial charge on any atom is -0.505 e. The van der Waals surface area contributed by atoms with E-state index in [0.717, 1.165) is 5.39 Å². The van der Waals surface area contributed by atoms with Crippen LogP contribution in [0.25, 0.3) is 10.8 Å². The lowest BCUT2D eigenvalue weighted by Gasteiger charge is -2.12. The van der Waals surface area contributed by atoms with E-state index in [1.54, 1.807) is 30.5 Å². The zero-order chi connectivity index (χ0) is 16.4. The Morgan fingerprint density at radius 1 is 1.22 bits per heavy atom. The van der Waals surface area contributed by atoms with E-state index in [0.29, 0.717) is 16.8 Å². The molecule has 0 saturated carbocycles. The van der Waals surface area contributed by atoms with Gasteiger partial charge in [-0.15, -0.1) is 0 Å². The normalized spacial score (nSPS) is 10.7. The van der Waals surface area contributed by atoms with E-state index in [1.807, 2.05) is 18.2 Å². The Labute approximate surface area is 132 Å². The number of nitrogens with one attached hydrogen (secondary N) is 1. The van der Waals surface area contributed by atoms with Crippen molar-refractivity contribution in [1.29, 1.82) is 0 Å². The molecule has 6 nitrogen and oxygen atoms in total. The summed E-state index contributed by atoms with van der Waals surface area (Å²) in [7, 11) is 0. The largest absolute Gasteiger partial charge is 0.505 e. The summed E-state index contributed by atoms with van der Waals surface area (Å²) in [5, 5.41) is 14.4. The first-order chi connectivity index (χ1) is 11.1. The molecule has 1 aromatic heterocycles. The average molecular weight is 308 g/mol. The van der Waals surface area contributed by atoms with E-state index in [9.17, 15) is 9.90 Å². The predicted octanol–water partition coefficient (Wildman–Crippen LogP) is 2.23. The molecule has 0 radical (unpaired) electrons. The van der Waals surface area contributed by atoms with Crippen molar-refractivity contribution in [2.75, 3.05) is 11.1 Å². The minimum absolute atomic E-state index is 0.105. The standard InChI is InChI=1S/C17H16N4O2/c18-9-14-13(6-3-7-20-14)21-17(23)12-8-10-4-1-2-5-11(10)15(19)16(12)22/h1-8,22H,9,18-19H2,(H,21,23). The molecular weight excluding hydrogens is 292 g/mol. The second-order valence-corrected chi connectivity index (χ2v) is 5.06. The third kappa shape index (κ3) is 2.67. The summed E-state index contributed by atoms with van der Waals surface area (Å²) in [6, 6.07) is 12.3. The van der Waals surface area contributed by atoms with Gasteiger partial charge >= 0.3 is 0 Å². The molecule has 0 aliphatic heterocycles. The van der Waals surface area contributed by atoms with Crippen molar-refractivity contribution in [3.8, 4) is 5.75 Å². The third-order valence-corrected chi connectivity index (χ3v) is 3.64. The molecule has 0 bridgehead atoms. The second kappa shape index (κ2) is 5.94. The Morgan fingerprint density at radius 3 is 2.78 bits per heavy atom. The number of aromatic hydroxyl groups is 1. The van der Waals surface area contributed by atoms with Crippen LogP contribution in [-0.2, 0) is 6.54 Å². The number of carbonyl (C=O) groups excluding carboxylic acids is 1. The van der Waals surface area contributed by atoms with Crippen LogP contribution in [0.15, 0.2) is 48.7 Å². The summed E-state index contributed by atoms with van der Waals surface area (Å²) in [6.07, 6.45) is 1.60. The summed E-state index contributed by atoms with van der Waals surface area (Å²) in [5.74, 6) is -0.706. The summed E-state index contributed by atoms with van der Waals surface area (Å²) in [4.78, 5) is 16.6. The minimum atomic E-state index is -0.470. The monoisotopic (exact) mass is 308 g/mol. The molecule has 0 unspecified atom stereocenters. The number of benzene rings is 2. The van der Waals surface area contributed by atoms with Crippen molar-refractivity contribution in [1.82, 2.24) is 4.98 Å². The number of nitrogen functional groups attached to an aromatic ring is 1. The van der Waals surface area contributed by atoms with Crippen molar-refractivity contribution < 1.29 is 9.90 Å². The number of hydrogen-bond donors (Lipinski definition) is 4. The molecule has 0 spiro atoms. The van der Waals surface area contributed by atoms with Gasteiger partial charge in [0, 0.05) is 18.1 Å². The SMILES string of the molecule is NCc1ncccc1NC(=O)c1cc2ccccc2c(N)c1O. The maximum Gasteiger partial charge on any atom is 0.259 e. The molecule has 0 atom stereocenters. The van der Waals surface area contributed by atoms with Crippen LogP contribution in [0.2, 0.25) is 0 Å². The molecule has 3 aromatic rings. The summed E-state index contributed by atoms with van der Waals surface area (Å²) >= 11 is 0. The first kappa shape index (κ1) is 14.8. The number of carbonyl (C=O) groups is 1. The number of anilines is 2. The van der Waals surface area contributed by atoms with Gasteiger partial charge in [0.25, 0.3) is 5.91 Å². The maximum atomic E-state index is 12.5. The molecule has 3 rings (SSSR count). The first-order valence-electron chi connectivity index (χ1n) is 7.07. The Morgan fingerprint density at radius 2 is 2.00 bits per heavy atom. The van der Waals surface area contributed by atoms with E-state index in [4.69, 9.17) is 11.5 Å². The van der Waals surface area contributed by atoms with Gasteiger partial charge < -0.3 is 21.9 Å². The van der Waals surface area contributed by atoms with Crippen LogP contribution in [0.5, 0.6) is 5.75 Å². The van der Waals surface area contributed by atoms with Crippen molar-refractivity contribution in [3.63, 3.8) is 0 Å². The van der Waals surface area contributed by atoms with E-state index in [1.165, 1.54) is 0 Å². The van der Waals surface area contributed by atoms with Crippen LogP contribution in [0.1, 0.15) is 16.1 Å². The molecule has 116 valence electrons. The quantitative estimate of drug-likeness (QED) is 0.437. The number of amides is 1. The van der Waals surface area contributed by atoms with Gasteiger partial charge in [0.2, 0.25) is 0 Å². The highest BCUT2D eigenvalue weighted by Crippen LogP contribution is 2.34. The van der Waals surface area contributed by atoms with E-state index >= 15 is 0 Å². The predicted molar refractivity (Wildman–Crippen MR) is 90.1 cm³/mol. The van der Waals surface area contributed by atoms with Gasteiger partial charge in [0.05, 0.1) is 22.6 Å². The number of nitrogens with two attached hydrogens (primary N) is 2. The van der Waals surface area contributed by atoms with Gasteiger partial charge in [-0.1, -0.05) is 24.3 Å². The third-order valence-electron chi connectivity index (χ3n) is 3.64. The average Bonchev–Trinajstić information content (AvgIpc) is 2.58.